The van der Waals surface area contributed by atoms with Crippen LogP contribution in [0.3, 0.4) is 0 Å². The number of anilines is 1. The first-order valence-corrected chi connectivity index (χ1v) is 5.87. The van der Waals surface area contributed by atoms with Gasteiger partial charge in [-0.15, -0.1) is 0 Å². The van der Waals surface area contributed by atoms with Crippen molar-refractivity contribution in [3.8, 4) is 0 Å². The van der Waals surface area contributed by atoms with E-state index in [0.29, 0.717) is 5.69 Å². The van der Waals surface area contributed by atoms with E-state index >= 15 is 0 Å². The Morgan fingerprint density at radius 1 is 1.26 bits per heavy atom. The Balaban J connectivity index is 2.47. The van der Waals surface area contributed by atoms with Crippen LogP contribution in [0.2, 0.25) is 0 Å². The van der Waals surface area contributed by atoms with E-state index in [1.54, 1.807) is 6.07 Å². The van der Waals surface area contributed by atoms with Crippen molar-refractivity contribution in [3.05, 3.63) is 29.3 Å². The molecule has 0 spiro atoms. The smallest absolute Gasteiger partial charge is 0.409 e. The summed E-state index contributed by atoms with van der Waals surface area (Å²) in [6.07, 6.45) is -2.59. The number of hydrogen-bond acceptors (Lipinski definition) is 3. The molecule has 1 aliphatic heterocycles. The molecule has 0 aliphatic carbocycles. The lowest BCUT2D eigenvalue weighted by molar-refractivity contribution is -0.137. The molecule has 104 valence electrons. The van der Waals surface area contributed by atoms with Gasteiger partial charge in [-0.1, -0.05) is 5.16 Å². The van der Waals surface area contributed by atoms with E-state index in [0.717, 1.165) is 32.0 Å². The first-order valence-electron chi connectivity index (χ1n) is 5.87. The zero-order valence-electron chi connectivity index (χ0n) is 10.1. The predicted octanol–water partition coefficient (Wildman–Crippen LogP) is 2.40. The standard InChI is InChI=1S/C12H14F3N3O/c13-12(14,15)10-7-8(18-5-1-2-6-18)3-4-9(10)11(16)17-19/h3-4,7,19H,1-2,5-6H2,(H2,16,17). The van der Waals surface area contributed by atoms with E-state index in [1.165, 1.54) is 6.07 Å². The molecular formula is C12H14F3N3O. The number of alkyl halides is 3. The van der Waals surface area contributed by atoms with Gasteiger partial charge in [0.15, 0.2) is 5.84 Å². The van der Waals surface area contributed by atoms with Crippen LogP contribution in [0.25, 0.3) is 0 Å². The Labute approximate surface area is 108 Å². The second kappa shape index (κ2) is 4.99. The summed E-state index contributed by atoms with van der Waals surface area (Å²) in [4.78, 5) is 1.89. The zero-order valence-corrected chi connectivity index (χ0v) is 10.1. The van der Waals surface area contributed by atoms with E-state index in [-0.39, 0.29) is 5.56 Å². The molecule has 0 radical (unpaired) electrons. The molecule has 1 fully saturated rings. The van der Waals surface area contributed by atoms with E-state index in [9.17, 15) is 13.2 Å². The quantitative estimate of drug-likeness (QED) is 0.376. The van der Waals surface area contributed by atoms with E-state index in [1.807, 2.05) is 4.90 Å². The molecule has 0 amide bonds. The first-order chi connectivity index (χ1) is 8.93. The number of nitrogens with two attached hydrogens (primary N) is 1. The summed E-state index contributed by atoms with van der Waals surface area (Å²) in [5, 5.41) is 11.2. The molecule has 1 aromatic rings. The van der Waals surface area contributed by atoms with Gasteiger partial charge in [0.2, 0.25) is 0 Å². The Hall–Kier alpha value is -1.92. The third-order valence-electron chi connectivity index (χ3n) is 3.16. The van der Waals surface area contributed by atoms with Crippen molar-refractivity contribution in [1.82, 2.24) is 0 Å². The van der Waals surface area contributed by atoms with E-state index < -0.39 is 17.6 Å². The van der Waals surface area contributed by atoms with Crippen LogP contribution in [0.15, 0.2) is 23.4 Å². The summed E-state index contributed by atoms with van der Waals surface area (Å²) >= 11 is 0. The Morgan fingerprint density at radius 2 is 1.89 bits per heavy atom. The third kappa shape index (κ3) is 2.74. The highest BCUT2D eigenvalue weighted by Gasteiger charge is 2.35. The number of benzene rings is 1. The molecule has 2 rings (SSSR count). The van der Waals surface area contributed by atoms with Gasteiger partial charge in [-0.05, 0) is 31.0 Å². The molecule has 0 atom stereocenters. The lowest BCUT2D eigenvalue weighted by Gasteiger charge is -2.20. The normalized spacial score (nSPS) is 17.0. The Bertz CT molecular complexity index is 493. The lowest BCUT2D eigenvalue weighted by Crippen LogP contribution is -2.22. The van der Waals surface area contributed by atoms with Crippen molar-refractivity contribution >= 4 is 11.5 Å². The molecule has 0 bridgehead atoms. The first kappa shape index (κ1) is 13.5. The number of halogens is 3. The monoisotopic (exact) mass is 273 g/mol. The number of nitrogens with zero attached hydrogens (tertiary/aromatic N) is 2. The van der Waals surface area contributed by atoms with Gasteiger partial charge in [-0.25, -0.2) is 0 Å². The molecule has 4 nitrogen and oxygen atoms in total. The molecule has 7 heteroatoms. The molecule has 0 aromatic heterocycles. The van der Waals surface area contributed by atoms with Crippen molar-refractivity contribution in [2.45, 2.75) is 19.0 Å². The van der Waals surface area contributed by atoms with E-state index in [2.05, 4.69) is 5.16 Å². The van der Waals surface area contributed by atoms with Crippen LogP contribution in [0, 0.1) is 0 Å². The lowest BCUT2D eigenvalue weighted by atomic mass is 10.0. The summed E-state index contributed by atoms with van der Waals surface area (Å²) in [6.45, 7) is 1.50. The fourth-order valence-corrected chi connectivity index (χ4v) is 2.22. The van der Waals surface area contributed by atoms with Gasteiger partial charge in [-0.3, -0.25) is 0 Å². The van der Waals surface area contributed by atoms with Crippen LogP contribution in [-0.2, 0) is 6.18 Å². The van der Waals surface area contributed by atoms with Crippen molar-refractivity contribution in [1.29, 1.82) is 0 Å². The largest absolute Gasteiger partial charge is 0.417 e. The molecule has 19 heavy (non-hydrogen) atoms. The fraction of sp³-hybridized carbons (Fsp3) is 0.417. The van der Waals surface area contributed by atoms with Crippen LogP contribution in [0.4, 0.5) is 18.9 Å². The number of amidine groups is 1. The van der Waals surface area contributed by atoms with Gasteiger partial charge in [0, 0.05) is 24.3 Å². The molecule has 1 heterocycles. The van der Waals surface area contributed by atoms with Gasteiger partial charge in [0.25, 0.3) is 0 Å². The van der Waals surface area contributed by atoms with Crippen LogP contribution in [-0.4, -0.2) is 24.1 Å². The Morgan fingerprint density at radius 3 is 2.42 bits per heavy atom. The average Bonchev–Trinajstić information content (AvgIpc) is 2.90. The van der Waals surface area contributed by atoms with Crippen molar-refractivity contribution < 1.29 is 18.4 Å². The van der Waals surface area contributed by atoms with Crippen LogP contribution < -0.4 is 10.6 Å². The highest BCUT2D eigenvalue weighted by Crippen LogP contribution is 2.35. The second-order valence-corrected chi connectivity index (χ2v) is 4.41. The predicted molar refractivity (Wildman–Crippen MR) is 65.4 cm³/mol. The van der Waals surface area contributed by atoms with Gasteiger partial charge in [-0.2, -0.15) is 13.2 Å². The molecule has 0 unspecified atom stereocenters. The molecule has 1 saturated heterocycles. The molecule has 0 saturated carbocycles. The summed E-state index contributed by atoms with van der Waals surface area (Å²) in [7, 11) is 0. The SMILES string of the molecule is N/C(=N\O)c1ccc(N2CCCC2)cc1C(F)(F)F. The maximum atomic E-state index is 13.0. The molecule has 1 aromatic carbocycles. The van der Waals surface area contributed by atoms with Gasteiger partial charge in [0.1, 0.15) is 0 Å². The van der Waals surface area contributed by atoms with Crippen LogP contribution in [0.1, 0.15) is 24.0 Å². The minimum Gasteiger partial charge on any atom is -0.409 e. The maximum absolute atomic E-state index is 13.0. The minimum absolute atomic E-state index is 0.307. The summed E-state index contributed by atoms with van der Waals surface area (Å²) in [6, 6.07) is 3.86. The minimum atomic E-state index is -4.54. The van der Waals surface area contributed by atoms with E-state index in [4.69, 9.17) is 10.9 Å². The Kier molecular flexibility index (Phi) is 3.55. The van der Waals surface area contributed by atoms with Gasteiger partial charge < -0.3 is 15.8 Å². The molecular weight excluding hydrogens is 259 g/mol. The van der Waals surface area contributed by atoms with Crippen LogP contribution in [0.5, 0.6) is 0 Å². The topological polar surface area (TPSA) is 61.9 Å². The van der Waals surface area contributed by atoms with Crippen molar-refractivity contribution in [3.63, 3.8) is 0 Å². The van der Waals surface area contributed by atoms with Gasteiger partial charge >= 0.3 is 6.18 Å². The zero-order chi connectivity index (χ0) is 14.0. The van der Waals surface area contributed by atoms with Crippen molar-refractivity contribution in [2.75, 3.05) is 18.0 Å². The van der Waals surface area contributed by atoms with Crippen LogP contribution >= 0.6 is 0 Å². The molecule has 1 aliphatic rings. The highest BCUT2D eigenvalue weighted by molar-refractivity contribution is 5.99. The summed E-state index contributed by atoms with van der Waals surface area (Å²) in [5.41, 5.74) is 4.61. The highest BCUT2D eigenvalue weighted by atomic mass is 19.4. The second-order valence-electron chi connectivity index (χ2n) is 4.41. The number of oxime groups is 1. The average molecular weight is 273 g/mol. The third-order valence-corrected chi connectivity index (χ3v) is 3.16. The van der Waals surface area contributed by atoms with Crippen molar-refractivity contribution in [2.24, 2.45) is 10.9 Å². The fourth-order valence-electron chi connectivity index (χ4n) is 2.22. The summed E-state index contributed by atoms with van der Waals surface area (Å²) < 4.78 is 39.0. The molecule has 3 N–H and O–H groups in total. The maximum Gasteiger partial charge on any atom is 0.417 e. The summed E-state index contributed by atoms with van der Waals surface area (Å²) in [5.74, 6) is -0.541. The number of hydrogen-bond donors (Lipinski definition) is 2. The van der Waals surface area contributed by atoms with Gasteiger partial charge in [0.05, 0.1) is 5.56 Å². The number of rotatable bonds is 2.